The van der Waals surface area contributed by atoms with Gasteiger partial charge in [-0.2, -0.15) is 5.10 Å². The van der Waals surface area contributed by atoms with Crippen molar-refractivity contribution >= 4 is 16.8 Å². The minimum Gasteiger partial charge on any atom is -0.357 e. The Balaban J connectivity index is 1.78. The molecule has 1 aromatic carbocycles. The van der Waals surface area contributed by atoms with E-state index >= 15 is 0 Å². The van der Waals surface area contributed by atoms with Gasteiger partial charge in [0.25, 0.3) is 0 Å². The first-order chi connectivity index (χ1) is 11.7. The van der Waals surface area contributed by atoms with Gasteiger partial charge in [0.1, 0.15) is 18.7 Å². The van der Waals surface area contributed by atoms with Crippen LogP contribution >= 0.6 is 0 Å². The van der Waals surface area contributed by atoms with E-state index in [0.29, 0.717) is 30.6 Å². The number of aromatic nitrogens is 3. The summed E-state index contributed by atoms with van der Waals surface area (Å²) < 4.78 is 13.8. The molecule has 24 heavy (non-hydrogen) atoms. The maximum Gasteiger partial charge on any atom is 0.191 e. The highest BCUT2D eigenvalue weighted by Gasteiger charge is 2.04. The number of rotatable bonds is 8. The number of guanidine groups is 1. The van der Waals surface area contributed by atoms with Gasteiger partial charge < -0.3 is 10.6 Å². The maximum absolute atomic E-state index is 12.1. The fraction of sp³-hybridized carbons (Fsp3) is 0.438. The molecule has 2 N–H and O–H groups in total. The molecule has 0 spiro atoms. The van der Waals surface area contributed by atoms with Crippen LogP contribution in [-0.2, 0) is 30.1 Å². The standard InChI is InChI=1S/C16H24N6OS/c1-3-17-16(19-11-15-20-13-21-22(15)2)18-9-10-24(23)12-14-7-5-4-6-8-14/h4-8,13H,3,9-12H2,1-2H3,(H2,17,18,19). The molecule has 130 valence electrons. The minimum atomic E-state index is -0.900. The molecule has 0 saturated carbocycles. The molecule has 0 radical (unpaired) electrons. The quantitative estimate of drug-likeness (QED) is 0.545. The van der Waals surface area contributed by atoms with Gasteiger partial charge in [0.15, 0.2) is 5.96 Å². The monoisotopic (exact) mass is 348 g/mol. The van der Waals surface area contributed by atoms with E-state index in [4.69, 9.17) is 0 Å². The molecule has 2 rings (SSSR count). The van der Waals surface area contributed by atoms with Crippen LogP contribution in [0.15, 0.2) is 41.7 Å². The number of hydrogen-bond acceptors (Lipinski definition) is 4. The van der Waals surface area contributed by atoms with Crippen LogP contribution in [0.4, 0.5) is 0 Å². The Labute approximate surface area is 145 Å². The Kier molecular flexibility index (Phi) is 7.41. The van der Waals surface area contributed by atoms with E-state index in [-0.39, 0.29) is 0 Å². The van der Waals surface area contributed by atoms with Crippen molar-refractivity contribution in [1.29, 1.82) is 0 Å². The number of nitrogens with one attached hydrogen (secondary N) is 2. The molecule has 1 atom stereocenters. The zero-order chi connectivity index (χ0) is 17.2. The lowest BCUT2D eigenvalue weighted by Crippen LogP contribution is -2.39. The molecule has 8 heteroatoms. The Hall–Kier alpha value is -2.22. The van der Waals surface area contributed by atoms with Crippen LogP contribution in [0.2, 0.25) is 0 Å². The van der Waals surface area contributed by atoms with Gasteiger partial charge in [-0.15, -0.1) is 0 Å². The molecule has 2 aromatic rings. The number of benzene rings is 1. The summed E-state index contributed by atoms with van der Waals surface area (Å²) >= 11 is 0. The average Bonchev–Trinajstić information content (AvgIpc) is 2.98. The fourth-order valence-corrected chi connectivity index (χ4v) is 3.11. The summed E-state index contributed by atoms with van der Waals surface area (Å²) in [5.74, 6) is 2.63. The van der Waals surface area contributed by atoms with Gasteiger partial charge in [-0.1, -0.05) is 30.3 Å². The molecular weight excluding hydrogens is 324 g/mol. The number of hydrogen-bond donors (Lipinski definition) is 2. The van der Waals surface area contributed by atoms with Crippen LogP contribution in [0.25, 0.3) is 0 Å². The second-order valence-electron chi connectivity index (χ2n) is 5.20. The Morgan fingerprint density at radius 2 is 2.08 bits per heavy atom. The summed E-state index contributed by atoms with van der Waals surface area (Å²) in [6, 6.07) is 9.89. The maximum atomic E-state index is 12.1. The first kappa shape index (κ1) is 18.1. The SMILES string of the molecule is CCNC(=NCc1ncnn1C)NCCS(=O)Cc1ccccc1. The van der Waals surface area contributed by atoms with Gasteiger partial charge in [-0.25, -0.2) is 9.98 Å². The molecule has 0 fully saturated rings. The third-order valence-electron chi connectivity index (χ3n) is 3.32. The zero-order valence-electron chi connectivity index (χ0n) is 14.1. The summed E-state index contributed by atoms with van der Waals surface area (Å²) in [4.78, 5) is 8.61. The predicted molar refractivity (Wildman–Crippen MR) is 97.0 cm³/mol. The average molecular weight is 348 g/mol. The molecule has 0 aliphatic carbocycles. The Morgan fingerprint density at radius 3 is 2.75 bits per heavy atom. The lowest BCUT2D eigenvalue weighted by Gasteiger charge is -2.11. The molecule has 0 aliphatic rings. The van der Waals surface area contributed by atoms with Crippen molar-refractivity contribution < 1.29 is 4.21 Å². The second kappa shape index (κ2) is 9.82. The minimum absolute atomic E-state index is 0.443. The second-order valence-corrected chi connectivity index (χ2v) is 6.77. The van der Waals surface area contributed by atoms with Crippen molar-refractivity contribution in [2.45, 2.75) is 19.2 Å². The fourth-order valence-electron chi connectivity index (χ4n) is 2.07. The van der Waals surface area contributed by atoms with Crippen LogP contribution in [0, 0.1) is 0 Å². The first-order valence-electron chi connectivity index (χ1n) is 7.93. The van der Waals surface area contributed by atoms with E-state index in [1.54, 1.807) is 4.68 Å². The van der Waals surface area contributed by atoms with E-state index in [1.807, 2.05) is 44.3 Å². The zero-order valence-corrected chi connectivity index (χ0v) is 14.9. The van der Waals surface area contributed by atoms with Crippen LogP contribution < -0.4 is 10.6 Å². The summed E-state index contributed by atoms with van der Waals surface area (Å²) in [5, 5.41) is 10.4. The van der Waals surface area contributed by atoms with E-state index < -0.39 is 10.8 Å². The summed E-state index contributed by atoms with van der Waals surface area (Å²) in [6.07, 6.45) is 1.51. The topological polar surface area (TPSA) is 84.2 Å². The van der Waals surface area contributed by atoms with Gasteiger partial charge in [0.2, 0.25) is 0 Å². The molecule has 0 amide bonds. The van der Waals surface area contributed by atoms with E-state index in [2.05, 4.69) is 25.7 Å². The number of aryl methyl sites for hydroxylation is 1. The largest absolute Gasteiger partial charge is 0.357 e. The van der Waals surface area contributed by atoms with Crippen molar-refractivity contribution in [3.8, 4) is 0 Å². The molecule has 1 aromatic heterocycles. The summed E-state index contributed by atoms with van der Waals surface area (Å²) in [5.41, 5.74) is 1.10. The van der Waals surface area contributed by atoms with Gasteiger partial charge in [-0.05, 0) is 12.5 Å². The van der Waals surface area contributed by atoms with Gasteiger partial charge in [-0.3, -0.25) is 8.89 Å². The highest BCUT2D eigenvalue weighted by Crippen LogP contribution is 2.02. The van der Waals surface area contributed by atoms with Crippen molar-refractivity contribution in [2.75, 3.05) is 18.8 Å². The lowest BCUT2D eigenvalue weighted by atomic mass is 10.2. The van der Waals surface area contributed by atoms with Gasteiger partial charge in [0.05, 0.1) is 0 Å². The van der Waals surface area contributed by atoms with Crippen molar-refractivity contribution in [3.63, 3.8) is 0 Å². The number of nitrogens with zero attached hydrogens (tertiary/aromatic N) is 4. The summed E-state index contributed by atoms with van der Waals surface area (Å²) in [6.45, 7) is 3.81. The molecule has 7 nitrogen and oxygen atoms in total. The molecule has 0 aliphatic heterocycles. The van der Waals surface area contributed by atoms with E-state index in [1.165, 1.54) is 6.33 Å². The highest BCUT2D eigenvalue weighted by molar-refractivity contribution is 7.84. The molecular formula is C16H24N6OS. The third kappa shape index (κ3) is 6.11. The smallest absolute Gasteiger partial charge is 0.191 e. The van der Waals surface area contributed by atoms with Crippen LogP contribution in [-0.4, -0.2) is 43.8 Å². The molecule has 1 unspecified atom stereocenters. The lowest BCUT2D eigenvalue weighted by molar-refractivity contribution is 0.680. The van der Waals surface area contributed by atoms with Crippen LogP contribution in [0.3, 0.4) is 0 Å². The van der Waals surface area contributed by atoms with Crippen LogP contribution in [0.5, 0.6) is 0 Å². The van der Waals surface area contributed by atoms with Crippen molar-refractivity contribution in [3.05, 3.63) is 48.0 Å². The molecule has 0 bridgehead atoms. The third-order valence-corrected chi connectivity index (χ3v) is 4.64. The highest BCUT2D eigenvalue weighted by atomic mass is 32.2. The molecule has 1 heterocycles. The Morgan fingerprint density at radius 1 is 1.29 bits per heavy atom. The first-order valence-corrected chi connectivity index (χ1v) is 9.41. The van der Waals surface area contributed by atoms with Crippen molar-refractivity contribution in [1.82, 2.24) is 25.4 Å². The van der Waals surface area contributed by atoms with Crippen LogP contribution in [0.1, 0.15) is 18.3 Å². The summed E-state index contributed by atoms with van der Waals surface area (Å²) in [7, 11) is 0.938. The van der Waals surface area contributed by atoms with Crippen molar-refractivity contribution in [2.24, 2.45) is 12.0 Å². The van der Waals surface area contributed by atoms with E-state index in [0.717, 1.165) is 17.9 Å². The molecule has 0 saturated heterocycles. The van der Waals surface area contributed by atoms with Gasteiger partial charge >= 0.3 is 0 Å². The van der Waals surface area contributed by atoms with E-state index in [9.17, 15) is 4.21 Å². The Bertz CT molecular complexity index is 670. The van der Waals surface area contributed by atoms with Gasteiger partial charge in [0, 0.05) is 42.4 Å². The predicted octanol–water partition coefficient (Wildman–Crippen LogP) is 0.819. The number of aliphatic imine (C=N–C) groups is 1. The normalized spacial score (nSPS) is 12.8.